The number of H-pyrrole nitrogens is 1. The van der Waals surface area contributed by atoms with Gasteiger partial charge in [-0.15, -0.1) is 10.2 Å². The molecule has 0 aromatic carbocycles. The standard InChI is InChI=1S/C16H23N7O/c1-9(2)15-22-20-13-4-3-10(8-23(13)15)18-16(24)14-11-7-17-6-5-12(11)19-21-14/h9-10,17H,3-8H2,1-2H3,(H,18,24)(H,19,21). The zero-order valence-electron chi connectivity index (χ0n) is 14.1. The lowest BCUT2D eigenvalue weighted by Crippen LogP contribution is -2.42. The highest BCUT2D eigenvalue weighted by Crippen LogP contribution is 2.21. The molecule has 0 spiro atoms. The third kappa shape index (κ3) is 2.60. The number of fused-ring (bicyclic) bond motifs is 2. The number of carbonyl (C=O) groups is 1. The first-order valence-electron chi connectivity index (χ1n) is 8.63. The summed E-state index contributed by atoms with van der Waals surface area (Å²) >= 11 is 0. The molecule has 8 nitrogen and oxygen atoms in total. The number of aromatic amines is 1. The Hall–Kier alpha value is -2.22. The Labute approximate surface area is 140 Å². The molecule has 1 atom stereocenters. The van der Waals surface area contributed by atoms with Crippen LogP contribution in [0.1, 0.15) is 59.6 Å². The number of nitrogens with one attached hydrogen (secondary N) is 3. The van der Waals surface area contributed by atoms with Gasteiger partial charge >= 0.3 is 0 Å². The molecule has 0 fully saturated rings. The topological polar surface area (TPSA) is 101 Å². The van der Waals surface area contributed by atoms with E-state index in [9.17, 15) is 4.79 Å². The summed E-state index contributed by atoms with van der Waals surface area (Å²) in [7, 11) is 0. The van der Waals surface area contributed by atoms with Crippen LogP contribution >= 0.6 is 0 Å². The number of amides is 1. The minimum absolute atomic E-state index is 0.0856. The Morgan fingerprint density at radius 2 is 2.21 bits per heavy atom. The molecule has 2 aromatic heterocycles. The Morgan fingerprint density at radius 1 is 1.33 bits per heavy atom. The molecule has 0 bridgehead atoms. The number of hydrogen-bond donors (Lipinski definition) is 3. The number of nitrogens with zero attached hydrogens (tertiary/aromatic N) is 4. The molecule has 2 aliphatic heterocycles. The molecule has 0 saturated heterocycles. The van der Waals surface area contributed by atoms with Crippen LogP contribution in [0.4, 0.5) is 0 Å². The third-order valence-electron chi connectivity index (χ3n) is 4.85. The number of rotatable bonds is 3. The maximum absolute atomic E-state index is 12.7. The van der Waals surface area contributed by atoms with Crippen LogP contribution in [0.15, 0.2) is 0 Å². The lowest BCUT2D eigenvalue weighted by Gasteiger charge is -2.26. The van der Waals surface area contributed by atoms with Crippen LogP contribution in [0, 0.1) is 0 Å². The SMILES string of the molecule is CC(C)c1nnc2n1CC(NC(=O)c1n[nH]c3c1CNCC3)CC2. The van der Waals surface area contributed by atoms with Gasteiger partial charge in [0.2, 0.25) is 0 Å². The Balaban J connectivity index is 1.49. The van der Waals surface area contributed by atoms with Gasteiger partial charge in [-0.25, -0.2) is 0 Å². The average molecular weight is 329 g/mol. The summed E-state index contributed by atoms with van der Waals surface area (Å²) in [5.41, 5.74) is 2.60. The summed E-state index contributed by atoms with van der Waals surface area (Å²) in [6.07, 6.45) is 2.61. The molecule has 0 saturated carbocycles. The van der Waals surface area contributed by atoms with Crippen LogP contribution in [0.5, 0.6) is 0 Å². The van der Waals surface area contributed by atoms with Crippen LogP contribution < -0.4 is 10.6 Å². The fraction of sp³-hybridized carbons (Fsp3) is 0.625. The summed E-state index contributed by atoms with van der Waals surface area (Å²) < 4.78 is 2.15. The Kier molecular flexibility index (Phi) is 3.84. The first-order chi connectivity index (χ1) is 11.6. The van der Waals surface area contributed by atoms with E-state index in [1.54, 1.807) is 0 Å². The maximum Gasteiger partial charge on any atom is 0.272 e. The molecule has 4 rings (SSSR count). The van der Waals surface area contributed by atoms with Crippen LogP contribution in [-0.2, 0) is 25.9 Å². The number of aromatic nitrogens is 5. The summed E-state index contributed by atoms with van der Waals surface area (Å²) in [6, 6.07) is 0.0856. The predicted molar refractivity (Wildman–Crippen MR) is 87.7 cm³/mol. The third-order valence-corrected chi connectivity index (χ3v) is 4.85. The van der Waals surface area contributed by atoms with Gasteiger partial charge in [-0.1, -0.05) is 13.8 Å². The fourth-order valence-corrected chi connectivity index (χ4v) is 3.56. The second-order valence-corrected chi connectivity index (χ2v) is 6.90. The van der Waals surface area contributed by atoms with Crippen molar-refractivity contribution in [1.29, 1.82) is 0 Å². The number of hydrogen-bond acceptors (Lipinski definition) is 5. The van der Waals surface area contributed by atoms with Crippen LogP contribution in [-0.4, -0.2) is 43.5 Å². The average Bonchev–Trinajstić information content (AvgIpc) is 3.18. The van der Waals surface area contributed by atoms with Crippen LogP contribution in [0.3, 0.4) is 0 Å². The van der Waals surface area contributed by atoms with Gasteiger partial charge in [0, 0.05) is 55.7 Å². The molecule has 24 heavy (non-hydrogen) atoms. The molecule has 0 radical (unpaired) electrons. The van der Waals surface area contributed by atoms with Crippen molar-refractivity contribution in [2.75, 3.05) is 6.54 Å². The molecule has 2 aromatic rings. The number of aryl methyl sites for hydroxylation is 1. The smallest absolute Gasteiger partial charge is 0.272 e. The zero-order valence-corrected chi connectivity index (χ0v) is 14.1. The van der Waals surface area contributed by atoms with Crippen molar-refractivity contribution in [1.82, 2.24) is 35.6 Å². The van der Waals surface area contributed by atoms with Gasteiger partial charge in [0.1, 0.15) is 11.6 Å². The van der Waals surface area contributed by atoms with Gasteiger partial charge in [0.25, 0.3) is 5.91 Å². The van der Waals surface area contributed by atoms with E-state index in [1.807, 2.05) is 0 Å². The van der Waals surface area contributed by atoms with Crippen LogP contribution in [0.2, 0.25) is 0 Å². The monoisotopic (exact) mass is 329 g/mol. The molecule has 0 aliphatic carbocycles. The lowest BCUT2D eigenvalue weighted by molar-refractivity contribution is 0.0921. The van der Waals surface area contributed by atoms with Gasteiger partial charge < -0.3 is 15.2 Å². The van der Waals surface area contributed by atoms with Gasteiger partial charge in [-0.2, -0.15) is 5.10 Å². The molecule has 4 heterocycles. The van der Waals surface area contributed by atoms with Crippen molar-refractivity contribution >= 4 is 5.91 Å². The van der Waals surface area contributed by atoms with E-state index in [1.165, 1.54) is 0 Å². The first-order valence-corrected chi connectivity index (χ1v) is 8.63. The van der Waals surface area contributed by atoms with E-state index in [0.29, 0.717) is 18.2 Å². The van der Waals surface area contributed by atoms with Gasteiger partial charge in [-0.3, -0.25) is 9.89 Å². The summed E-state index contributed by atoms with van der Waals surface area (Å²) in [6.45, 7) is 6.58. The zero-order chi connectivity index (χ0) is 16.7. The van der Waals surface area contributed by atoms with Crippen molar-refractivity contribution in [3.63, 3.8) is 0 Å². The molecule has 1 unspecified atom stereocenters. The minimum atomic E-state index is -0.0937. The summed E-state index contributed by atoms with van der Waals surface area (Å²) in [5.74, 6) is 2.24. The molecule has 1 amide bonds. The van der Waals surface area contributed by atoms with E-state index in [2.05, 4.69) is 49.4 Å². The van der Waals surface area contributed by atoms with Gasteiger partial charge in [0.05, 0.1) is 0 Å². The Bertz CT molecular complexity index is 761. The highest BCUT2D eigenvalue weighted by molar-refractivity contribution is 5.94. The van der Waals surface area contributed by atoms with Crippen molar-refractivity contribution in [2.45, 2.75) is 58.2 Å². The van der Waals surface area contributed by atoms with E-state index < -0.39 is 0 Å². The van der Waals surface area contributed by atoms with Crippen molar-refractivity contribution < 1.29 is 4.79 Å². The first kappa shape index (κ1) is 15.3. The van der Waals surface area contributed by atoms with Gasteiger partial charge in [-0.05, 0) is 6.42 Å². The maximum atomic E-state index is 12.7. The lowest BCUT2D eigenvalue weighted by atomic mass is 10.0. The van der Waals surface area contributed by atoms with E-state index in [-0.39, 0.29) is 11.9 Å². The van der Waals surface area contributed by atoms with Crippen molar-refractivity contribution in [2.24, 2.45) is 0 Å². The predicted octanol–water partition coefficient (Wildman–Crippen LogP) is 0.515. The molecule has 2 aliphatic rings. The van der Waals surface area contributed by atoms with E-state index >= 15 is 0 Å². The Morgan fingerprint density at radius 3 is 3.04 bits per heavy atom. The van der Waals surface area contributed by atoms with Gasteiger partial charge in [0.15, 0.2) is 5.69 Å². The van der Waals surface area contributed by atoms with Crippen LogP contribution in [0.25, 0.3) is 0 Å². The molecule has 128 valence electrons. The normalized spacial score (nSPS) is 19.9. The van der Waals surface area contributed by atoms with Crippen molar-refractivity contribution in [3.8, 4) is 0 Å². The molecular weight excluding hydrogens is 306 g/mol. The largest absolute Gasteiger partial charge is 0.346 e. The summed E-state index contributed by atoms with van der Waals surface area (Å²) in [4.78, 5) is 12.7. The van der Waals surface area contributed by atoms with E-state index in [0.717, 1.165) is 55.3 Å². The molecule has 8 heteroatoms. The fourth-order valence-electron chi connectivity index (χ4n) is 3.56. The molecular formula is C16H23N7O. The quantitative estimate of drug-likeness (QED) is 0.762. The second kappa shape index (κ2) is 6.01. The second-order valence-electron chi connectivity index (χ2n) is 6.90. The minimum Gasteiger partial charge on any atom is -0.346 e. The van der Waals surface area contributed by atoms with Crippen molar-refractivity contribution in [3.05, 3.63) is 28.6 Å². The highest BCUT2D eigenvalue weighted by atomic mass is 16.2. The number of carbonyl (C=O) groups excluding carboxylic acids is 1. The summed E-state index contributed by atoms with van der Waals surface area (Å²) in [5, 5.41) is 22.2. The van der Waals surface area contributed by atoms with E-state index in [4.69, 9.17) is 0 Å². The highest BCUT2D eigenvalue weighted by Gasteiger charge is 2.27. The molecule has 3 N–H and O–H groups in total.